The number of benzene rings is 1. The highest BCUT2D eigenvalue weighted by molar-refractivity contribution is 7.87. The van der Waals surface area contributed by atoms with E-state index in [0.717, 1.165) is 12.8 Å². The molecular weight excluding hydrogens is 437 g/mol. The molecule has 1 aliphatic rings. The molecule has 6 nitrogen and oxygen atoms in total. The van der Waals surface area contributed by atoms with Crippen LogP contribution in [0.5, 0.6) is 5.75 Å². The second kappa shape index (κ2) is 10.3. The number of amides is 1. The fraction of sp³-hybridized carbons (Fsp3) is 0.611. The van der Waals surface area contributed by atoms with Gasteiger partial charge in [0.05, 0.1) is 12.4 Å². The Morgan fingerprint density at radius 3 is 2.23 bits per heavy atom. The van der Waals surface area contributed by atoms with Gasteiger partial charge in [-0.15, -0.1) is 0 Å². The van der Waals surface area contributed by atoms with Crippen molar-refractivity contribution >= 4 is 16.2 Å². The van der Waals surface area contributed by atoms with E-state index < -0.39 is 56.8 Å². The van der Waals surface area contributed by atoms with Gasteiger partial charge in [-0.1, -0.05) is 13.3 Å². The molecule has 12 heteroatoms. The summed E-state index contributed by atoms with van der Waals surface area (Å²) in [6, 6.07) is -0.275. The van der Waals surface area contributed by atoms with Gasteiger partial charge in [0.1, 0.15) is 0 Å². The van der Waals surface area contributed by atoms with Crippen LogP contribution in [0.2, 0.25) is 0 Å². The minimum atomic E-state index is -4.64. The first-order chi connectivity index (χ1) is 14.1. The van der Waals surface area contributed by atoms with Crippen LogP contribution in [-0.4, -0.2) is 44.4 Å². The van der Waals surface area contributed by atoms with E-state index in [1.807, 2.05) is 6.92 Å². The Hall–Kier alpha value is -2.11. The lowest BCUT2D eigenvalue weighted by atomic mass is 10.1. The van der Waals surface area contributed by atoms with Gasteiger partial charge < -0.3 is 13.8 Å². The molecule has 1 aliphatic heterocycles. The maximum absolute atomic E-state index is 13.6. The van der Waals surface area contributed by atoms with Crippen LogP contribution in [0.15, 0.2) is 0 Å². The van der Waals surface area contributed by atoms with E-state index in [1.54, 1.807) is 0 Å². The van der Waals surface area contributed by atoms with Gasteiger partial charge in [-0.05, 0) is 32.1 Å². The molecule has 170 valence electrons. The third-order valence-corrected chi connectivity index (χ3v) is 5.86. The topological polar surface area (TPSA) is 72.9 Å². The summed E-state index contributed by atoms with van der Waals surface area (Å²) in [5.74, 6) is -14.4. The summed E-state index contributed by atoms with van der Waals surface area (Å²) in [4.78, 5) is 13.6. The summed E-state index contributed by atoms with van der Waals surface area (Å²) in [5, 5.41) is 0. The molecule has 1 unspecified atom stereocenters. The van der Waals surface area contributed by atoms with Crippen LogP contribution < -0.4 is 4.18 Å². The smallest absolute Gasteiger partial charge is 0.410 e. The highest BCUT2D eigenvalue weighted by atomic mass is 32.2. The van der Waals surface area contributed by atoms with E-state index >= 15 is 0 Å². The molecule has 0 spiro atoms. The van der Waals surface area contributed by atoms with Crippen molar-refractivity contribution in [1.82, 2.24) is 4.90 Å². The molecule has 0 saturated carbocycles. The maximum Gasteiger partial charge on any atom is 0.410 e. The lowest BCUT2D eigenvalue weighted by molar-refractivity contribution is 0.0955. The normalized spacial score (nSPS) is 16.7. The fourth-order valence-corrected chi connectivity index (χ4v) is 4.09. The Morgan fingerprint density at radius 1 is 1.03 bits per heavy atom. The molecule has 0 aliphatic carbocycles. The van der Waals surface area contributed by atoms with Crippen LogP contribution >= 0.6 is 0 Å². The molecule has 1 fully saturated rings. The van der Waals surface area contributed by atoms with Gasteiger partial charge in [0.25, 0.3) is 0 Å². The first kappa shape index (κ1) is 24.2. The second-order valence-corrected chi connectivity index (χ2v) is 8.53. The zero-order valence-electron chi connectivity index (χ0n) is 16.2. The maximum atomic E-state index is 13.6. The number of carbonyl (C=O) groups is 1. The van der Waals surface area contributed by atoms with Crippen molar-refractivity contribution in [2.75, 3.05) is 18.9 Å². The molecule has 1 amide bonds. The van der Waals surface area contributed by atoms with E-state index in [0.29, 0.717) is 19.4 Å². The van der Waals surface area contributed by atoms with Gasteiger partial charge in [-0.3, -0.25) is 0 Å². The van der Waals surface area contributed by atoms with Crippen molar-refractivity contribution in [3.8, 4) is 5.75 Å². The highest BCUT2D eigenvalue weighted by Gasteiger charge is 2.32. The quantitative estimate of drug-likeness (QED) is 0.181. The molecule has 0 radical (unpaired) electrons. The van der Waals surface area contributed by atoms with Gasteiger partial charge in [0, 0.05) is 12.6 Å². The SMILES string of the molecule is CCCCOC(=O)N1CCCC1CCCS(=O)(=O)Oc1c(F)c(F)c(F)c(F)c1F. The van der Waals surface area contributed by atoms with Crippen molar-refractivity contribution in [2.45, 2.75) is 51.5 Å². The molecule has 0 aromatic heterocycles. The Bertz CT molecular complexity index is 851. The zero-order valence-corrected chi connectivity index (χ0v) is 17.0. The van der Waals surface area contributed by atoms with Crippen molar-refractivity contribution in [1.29, 1.82) is 0 Å². The predicted octanol–water partition coefficient (Wildman–Crippen LogP) is 4.27. The number of rotatable bonds is 9. The first-order valence-electron chi connectivity index (χ1n) is 9.46. The second-order valence-electron chi connectivity index (χ2n) is 6.84. The van der Waals surface area contributed by atoms with Gasteiger partial charge >= 0.3 is 16.2 Å². The third-order valence-electron chi connectivity index (χ3n) is 4.65. The van der Waals surface area contributed by atoms with E-state index in [9.17, 15) is 35.2 Å². The first-order valence-corrected chi connectivity index (χ1v) is 11.0. The summed E-state index contributed by atoms with van der Waals surface area (Å²) in [5.41, 5.74) is 0. The minimum Gasteiger partial charge on any atom is -0.449 e. The van der Waals surface area contributed by atoms with Crippen molar-refractivity contribution in [2.24, 2.45) is 0 Å². The minimum absolute atomic E-state index is 0.0544. The van der Waals surface area contributed by atoms with Crippen LogP contribution in [0.1, 0.15) is 45.4 Å². The Morgan fingerprint density at radius 2 is 1.63 bits per heavy atom. The summed E-state index contributed by atoms with van der Waals surface area (Å²) in [7, 11) is -4.64. The van der Waals surface area contributed by atoms with Gasteiger partial charge in [-0.2, -0.15) is 17.2 Å². The highest BCUT2D eigenvalue weighted by Crippen LogP contribution is 2.30. The van der Waals surface area contributed by atoms with Crippen molar-refractivity contribution < 1.29 is 44.1 Å². The molecule has 1 aromatic carbocycles. The average Bonchev–Trinajstić information content (AvgIpc) is 3.17. The van der Waals surface area contributed by atoms with E-state index in [4.69, 9.17) is 4.74 Å². The van der Waals surface area contributed by atoms with Gasteiger partial charge in [-0.25, -0.2) is 18.0 Å². The number of hydrogen-bond donors (Lipinski definition) is 0. The molecule has 1 aromatic rings. The molecule has 1 atom stereocenters. The number of unbranched alkanes of at least 4 members (excludes halogenated alkanes) is 1. The van der Waals surface area contributed by atoms with Crippen LogP contribution in [0.3, 0.4) is 0 Å². The number of hydrogen-bond acceptors (Lipinski definition) is 5. The summed E-state index contributed by atoms with van der Waals surface area (Å²) >= 11 is 0. The summed E-state index contributed by atoms with van der Waals surface area (Å²) < 4.78 is 99.8. The summed E-state index contributed by atoms with van der Waals surface area (Å²) in [6.45, 7) is 2.69. The van der Waals surface area contributed by atoms with Crippen LogP contribution in [-0.2, 0) is 14.9 Å². The molecular formula is C18H22F5NO5S. The molecule has 1 heterocycles. The standard InChI is InChI=1S/C18H22F5NO5S/c1-2-3-9-28-18(25)24-8-4-6-11(24)7-5-10-30(26,27)29-17-15(22)13(20)12(19)14(21)16(17)23/h11H,2-10H2,1H3. The Labute approximate surface area is 171 Å². The molecule has 30 heavy (non-hydrogen) atoms. The Balaban J connectivity index is 1.95. The Kier molecular flexibility index (Phi) is 8.27. The van der Waals surface area contributed by atoms with Crippen molar-refractivity contribution in [3.05, 3.63) is 29.1 Å². The van der Waals surface area contributed by atoms with E-state index in [2.05, 4.69) is 4.18 Å². The zero-order chi connectivity index (χ0) is 22.5. The predicted molar refractivity (Wildman–Crippen MR) is 95.9 cm³/mol. The monoisotopic (exact) mass is 459 g/mol. The summed E-state index contributed by atoms with van der Waals surface area (Å²) in [6.07, 6.45) is 2.60. The lowest BCUT2D eigenvalue weighted by Crippen LogP contribution is -2.36. The van der Waals surface area contributed by atoms with Crippen LogP contribution in [0.4, 0.5) is 26.7 Å². The fourth-order valence-electron chi connectivity index (χ4n) is 3.09. The lowest BCUT2D eigenvalue weighted by Gasteiger charge is -2.24. The van der Waals surface area contributed by atoms with Crippen molar-refractivity contribution in [3.63, 3.8) is 0 Å². The number of halogens is 5. The number of nitrogens with zero attached hydrogens (tertiary/aromatic N) is 1. The number of likely N-dealkylation sites (tertiary alicyclic amines) is 1. The largest absolute Gasteiger partial charge is 0.449 e. The molecule has 0 bridgehead atoms. The van der Waals surface area contributed by atoms with E-state index in [1.165, 1.54) is 4.90 Å². The van der Waals surface area contributed by atoms with Gasteiger partial charge in [0.15, 0.2) is 0 Å². The molecule has 0 N–H and O–H groups in total. The number of ether oxygens (including phenoxy) is 1. The third kappa shape index (κ3) is 5.73. The van der Waals surface area contributed by atoms with Gasteiger partial charge in [0.2, 0.25) is 34.8 Å². The number of carbonyl (C=O) groups excluding carboxylic acids is 1. The van der Waals surface area contributed by atoms with E-state index in [-0.39, 0.29) is 25.5 Å². The van der Waals surface area contributed by atoms with Crippen LogP contribution in [0.25, 0.3) is 0 Å². The van der Waals surface area contributed by atoms with Crippen LogP contribution in [0, 0.1) is 29.1 Å². The molecule has 2 rings (SSSR count). The molecule has 1 saturated heterocycles. The average molecular weight is 459 g/mol.